The van der Waals surface area contributed by atoms with Crippen molar-refractivity contribution in [2.24, 2.45) is 7.05 Å². The fourth-order valence-electron chi connectivity index (χ4n) is 1.72. The number of hydrogen-bond donors (Lipinski definition) is 1. The van der Waals surface area contributed by atoms with Crippen molar-refractivity contribution in [3.63, 3.8) is 0 Å². The lowest BCUT2D eigenvalue weighted by Crippen LogP contribution is -2.15. The fraction of sp³-hybridized carbons (Fsp3) is 0.308. The second kappa shape index (κ2) is 5.98. The van der Waals surface area contributed by atoms with Crippen molar-refractivity contribution >= 4 is 0 Å². The molecule has 1 heterocycles. The van der Waals surface area contributed by atoms with E-state index in [1.165, 1.54) is 0 Å². The molecule has 0 aliphatic carbocycles. The molecule has 98 valence electrons. The maximum atomic E-state index is 8.91. The molecule has 6 nitrogen and oxygen atoms in total. The molecule has 0 amide bonds. The second-order valence-electron chi connectivity index (χ2n) is 4.11. The quantitative estimate of drug-likeness (QED) is 0.864. The second-order valence-corrected chi connectivity index (χ2v) is 4.11. The van der Waals surface area contributed by atoms with Gasteiger partial charge in [-0.2, -0.15) is 5.26 Å². The summed E-state index contributed by atoms with van der Waals surface area (Å²) in [6, 6.07) is 7.63. The Morgan fingerprint density at radius 3 is 2.89 bits per heavy atom. The van der Waals surface area contributed by atoms with E-state index < -0.39 is 0 Å². The Morgan fingerprint density at radius 2 is 2.26 bits per heavy atom. The molecule has 0 radical (unpaired) electrons. The third-order valence-corrected chi connectivity index (χ3v) is 2.80. The standard InChI is InChI=1S/C13H15N5O/c1-18-9-16-17-13(18)8-15-7-10-3-4-11(6-14)12(5-10)19-2/h3-5,9,15H,7-8H2,1-2H3. The summed E-state index contributed by atoms with van der Waals surface area (Å²) in [6.45, 7) is 1.31. The van der Waals surface area contributed by atoms with Gasteiger partial charge in [0.05, 0.1) is 19.2 Å². The van der Waals surface area contributed by atoms with Crippen LogP contribution in [0.5, 0.6) is 5.75 Å². The lowest BCUT2D eigenvalue weighted by Gasteiger charge is -2.07. The molecule has 6 heteroatoms. The van der Waals surface area contributed by atoms with Gasteiger partial charge in [-0.15, -0.1) is 10.2 Å². The van der Waals surface area contributed by atoms with Crippen molar-refractivity contribution in [3.05, 3.63) is 41.5 Å². The monoisotopic (exact) mass is 257 g/mol. The number of ether oxygens (including phenoxy) is 1. The van der Waals surface area contributed by atoms with Crippen molar-refractivity contribution < 1.29 is 4.74 Å². The molecular formula is C13H15N5O. The van der Waals surface area contributed by atoms with Crippen molar-refractivity contribution in [1.82, 2.24) is 20.1 Å². The molecule has 0 atom stereocenters. The van der Waals surface area contributed by atoms with Gasteiger partial charge in [0.25, 0.3) is 0 Å². The molecular weight excluding hydrogens is 242 g/mol. The predicted molar refractivity (Wildman–Crippen MR) is 69.3 cm³/mol. The Labute approximate surface area is 111 Å². The van der Waals surface area contributed by atoms with Gasteiger partial charge in [-0.25, -0.2) is 0 Å². The zero-order chi connectivity index (χ0) is 13.7. The van der Waals surface area contributed by atoms with Gasteiger partial charge in [0, 0.05) is 13.6 Å². The van der Waals surface area contributed by atoms with Crippen LogP contribution >= 0.6 is 0 Å². The van der Waals surface area contributed by atoms with E-state index in [2.05, 4.69) is 21.6 Å². The molecule has 19 heavy (non-hydrogen) atoms. The van der Waals surface area contributed by atoms with E-state index >= 15 is 0 Å². The van der Waals surface area contributed by atoms with Gasteiger partial charge in [0.2, 0.25) is 0 Å². The Hall–Kier alpha value is -2.39. The van der Waals surface area contributed by atoms with Crippen LogP contribution in [0, 0.1) is 11.3 Å². The van der Waals surface area contributed by atoms with E-state index in [4.69, 9.17) is 10.00 Å². The first-order chi connectivity index (χ1) is 9.24. The molecule has 2 aromatic rings. The van der Waals surface area contributed by atoms with E-state index in [9.17, 15) is 0 Å². The van der Waals surface area contributed by atoms with Crippen molar-refractivity contribution in [2.45, 2.75) is 13.1 Å². The Kier molecular flexibility index (Phi) is 4.11. The van der Waals surface area contributed by atoms with E-state index in [0.29, 0.717) is 24.4 Å². The van der Waals surface area contributed by atoms with Crippen molar-refractivity contribution in [1.29, 1.82) is 5.26 Å². The minimum Gasteiger partial charge on any atom is -0.495 e. The molecule has 1 aromatic heterocycles. The molecule has 0 aliphatic heterocycles. The van der Waals surface area contributed by atoms with Gasteiger partial charge in [0.1, 0.15) is 24.0 Å². The summed E-state index contributed by atoms with van der Waals surface area (Å²) in [5, 5.41) is 20.0. The van der Waals surface area contributed by atoms with E-state index in [-0.39, 0.29) is 0 Å². The Balaban J connectivity index is 1.97. The molecule has 0 unspecified atom stereocenters. The molecule has 0 saturated carbocycles. The summed E-state index contributed by atoms with van der Waals surface area (Å²) in [5.74, 6) is 1.47. The lowest BCUT2D eigenvalue weighted by atomic mass is 10.1. The van der Waals surface area contributed by atoms with Gasteiger partial charge < -0.3 is 14.6 Å². The summed E-state index contributed by atoms with van der Waals surface area (Å²) in [4.78, 5) is 0. The SMILES string of the molecule is COc1cc(CNCc2nncn2C)ccc1C#N. The molecule has 1 N–H and O–H groups in total. The van der Waals surface area contributed by atoms with E-state index in [1.54, 1.807) is 19.5 Å². The van der Waals surface area contributed by atoms with Crippen molar-refractivity contribution in [3.8, 4) is 11.8 Å². The van der Waals surface area contributed by atoms with Crippen LogP contribution in [-0.2, 0) is 20.1 Å². The van der Waals surface area contributed by atoms with Crippen LogP contribution in [0.25, 0.3) is 0 Å². The number of hydrogen-bond acceptors (Lipinski definition) is 5. The van der Waals surface area contributed by atoms with Crippen LogP contribution in [0.4, 0.5) is 0 Å². The minimum absolute atomic E-state index is 0.541. The van der Waals surface area contributed by atoms with Gasteiger partial charge in [0.15, 0.2) is 0 Å². The van der Waals surface area contributed by atoms with Crippen LogP contribution in [0.15, 0.2) is 24.5 Å². The van der Waals surface area contributed by atoms with E-state index in [0.717, 1.165) is 11.4 Å². The smallest absolute Gasteiger partial charge is 0.146 e. The highest BCUT2D eigenvalue weighted by atomic mass is 16.5. The zero-order valence-corrected chi connectivity index (χ0v) is 10.9. The number of benzene rings is 1. The molecule has 0 fully saturated rings. The van der Waals surface area contributed by atoms with Crippen molar-refractivity contribution in [2.75, 3.05) is 7.11 Å². The number of nitrogens with zero attached hydrogens (tertiary/aromatic N) is 4. The highest BCUT2D eigenvalue weighted by Gasteiger charge is 2.04. The Bertz CT molecular complexity index is 599. The summed E-state index contributed by atoms with van der Waals surface area (Å²) >= 11 is 0. The lowest BCUT2D eigenvalue weighted by molar-refractivity contribution is 0.412. The van der Waals surface area contributed by atoms with Crippen LogP contribution in [0.3, 0.4) is 0 Å². The molecule has 0 aliphatic rings. The fourth-order valence-corrected chi connectivity index (χ4v) is 1.72. The van der Waals surface area contributed by atoms with Crippen LogP contribution in [0.1, 0.15) is 17.0 Å². The maximum Gasteiger partial charge on any atom is 0.146 e. The average molecular weight is 257 g/mol. The highest BCUT2D eigenvalue weighted by molar-refractivity contribution is 5.45. The first-order valence-corrected chi connectivity index (χ1v) is 5.85. The van der Waals surface area contributed by atoms with Crippen LogP contribution in [-0.4, -0.2) is 21.9 Å². The summed E-state index contributed by atoms with van der Waals surface area (Å²) in [6.07, 6.45) is 1.67. The van der Waals surface area contributed by atoms with Crippen LogP contribution < -0.4 is 10.1 Å². The van der Waals surface area contributed by atoms with Crippen LogP contribution in [0.2, 0.25) is 0 Å². The zero-order valence-electron chi connectivity index (χ0n) is 10.9. The Morgan fingerprint density at radius 1 is 1.42 bits per heavy atom. The summed E-state index contributed by atoms with van der Waals surface area (Å²) < 4.78 is 7.04. The average Bonchev–Trinajstić information content (AvgIpc) is 2.84. The molecule has 1 aromatic carbocycles. The topological polar surface area (TPSA) is 75.8 Å². The number of aryl methyl sites for hydroxylation is 1. The number of nitriles is 1. The number of methoxy groups -OCH3 is 1. The number of nitrogens with one attached hydrogen (secondary N) is 1. The normalized spacial score (nSPS) is 10.2. The summed E-state index contributed by atoms with van der Waals surface area (Å²) in [5.41, 5.74) is 1.59. The minimum atomic E-state index is 0.541. The summed E-state index contributed by atoms with van der Waals surface area (Å²) in [7, 11) is 3.47. The highest BCUT2D eigenvalue weighted by Crippen LogP contribution is 2.19. The maximum absolute atomic E-state index is 8.91. The third-order valence-electron chi connectivity index (χ3n) is 2.80. The predicted octanol–water partition coefficient (Wildman–Crippen LogP) is 0.985. The molecule has 0 saturated heterocycles. The first kappa shape index (κ1) is 13.1. The van der Waals surface area contributed by atoms with E-state index in [1.807, 2.05) is 23.7 Å². The number of rotatable bonds is 5. The van der Waals surface area contributed by atoms with Gasteiger partial charge in [-0.1, -0.05) is 6.07 Å². The van der Waals surface area contributed by atoms with Gasteiger partial charge in [-0.05, 0) is 17.7 Å². The third kappa shape index (κ3) is 3.09. The number of aromatic nitrogens is 3. The van der Waals surface area contributed by atoms with Gasteiger partial charge >= 0.3 is 0 Å². The largest absolute Gasteiger partial charge is 0.495 e. The molecule has 0 spiro atoms. The first-order valence-electron chi connectivity index (χ1n) is 5.85. The molecule has 2 rings (SSSR count). The van der Waals surface area contributed by atoms with Gasteiger partial charge in [-0.3, -0.25) is 0 Å². The molecule has 0 bridgehead atoms.